The molecule has 0 radical (unpaired) electrons. The van der Waals surface area contributed by atoms with Gasteiger partial charge in [0.25, 0.3) is 0 Å². The molecule has 0 saturated heterocycles. The van der Waals surface area contributed by atoms with Gasteiger partial charge in [0, 0.05) is 36.9 Å². The molecule has 0 N–H and O–H groups in total. The van der Waals surface area contributed by atoms with Gasteiger partial charge >= 0.3 is 0 Å². The van der Waals surface area contributed by atoms with Crippen LogP contribution in [-0.2, 0) is 0 Å². The maximum atomic E-state index is 5.18. The highest BCUT2D eigenvalue weighted by molar-refractivity contribution is 7.25. The van der Waals surface area contributed by atoms with Crippen LogP contribution >= 0.6 is 11.3 Å². The zero-order chi connectivity index (χ0) is 36.6. The molecule has 0 amide bonds. The Bertz CT molecular complexity index is 2970. The van der Waals surface area contributed by atoms with Gasteiger partial charge in [0.2, 0.25) is 0 Å². The highest BCUT2D eigenvalue weighted by Crippen LogP contribution is 2.40. The van der Waals surface area contributed by atoms with Crippen LogP contribution in [-0.4, -0.2) is 15.0 Å². The molecule has 10 rings (SSSR count). The SMILES string of the molecule is c1ccc(-c2cccc(-c3nc(-c4cccc(-c5ccc(-c6cccc7sc8ccccc8c67)cc5)c4)nc(-c4ccccc4-c4ccccc4)n3)c2)cc1. The van der Waals surface area contributed by atoms with Crippen molar-refractivity contribution in [3.8, 4) is 78.7 Å². The summed E-state index contributed by atoms with van der Waals surface area (Å²) >= 11 is 1.85. The maximum absolute atomic E-state index is 5.18. The van der Waals surface area contributed by atoms with E-state index in [4.69, 9.17) is 15.0 Å². The minimum absolute atomic E-state index is 0.627. The Hall–Kier alpha value is -7.01. The molecule has 0 saturated carbocycles. The molecule has 3 nitrogen and oxygen atoms in total. The number of benzene rings is 8. The van der Waals surface area contributed by atoms with Crippen LogP contribution in [0, 0.1) is 0 Å². The number of aromatic nitrogens is 3. The van der Waals surface area contributed by atoms with E-state index in [2.05, 4.69) is 182 Å². The van der Waals surface area contributed by atoms with E-state index >= 15 is 0 Å². The van der Waals surface area contributed by atoms with Gasteiger partial charge in [0.1, 0.15) is 0 Å². The van der Waals surface area contributed by atoms with Crippen LogP contribution < -0.4 is 0 Å². The molecule has 0 aliphatic rings. The number of nitrogens with zero attached hydrogens (tertiary/aromatic N) is 3. The number of hydrogen-bond acceptors (Lipinski definition) is 4. The first kappa shape index (κ1) is 32.6. The van der Waals surface area contributed by atoms with Crippen molar-refractivity contribution in [3.05, 3.63) is 200 Å². The second-order valence-electron chi connectivity index (χ2n) is 13.6. The fourth-order valence-electron chi connectivity index (χ4n) is 7.47. The molecule has 0 atom stereocenters. The van der Waals surface area contributed by atoms with E-state index in [-0.39, 0.29) is 0 Å². The number of rotatable bonds is 7. The van der Waals surface area contributed by atoms with Crippen molar-refractivity contribution in [1.82, 2.24) is 15.0 Å². The molecule has 0 unspecified atom stereocenters. The third kappa shape index (κ3) is 6.29. The summed E-state index contributed by atoms with van der Waals surface area (Å²) in [6.07, 6.45) is 0. The van der Waals surface area contributed by atoms with Gasteiger partial charge in [0.05, 0.1) is 0 Å². The smallest absolute Gasteiger partial charge is 0.164 e. The van der Waals surface area contributed by atoms with Crippen LogP contribution in [0.25, 0.3) is 98.8 Å². The van der Waals surface area contributed by atoms with Crippen LogP contribution in [0.2, 0.25) is 0 Å². The lowest BCUT2D eigenvalue weighted by molar-refractivity contribution is 1.07. The van der Waals surface area contributed by atoms with Gasteiger partial charge in [-0.1, -0.05) is 176 Å². The Labute approximate surface area is 323 Å². The predicted molar refractivity (Wildman–Crippen MR) is 231 cm³/mol. The Morgan fingerprint density at radius 2 is 0.709 bits per heavy atom. The molecule has 2 aromatic heterocycles. The largest absolute Gasteiger partial charge is 0.208 e. The summed E-state index contributed by atoms with van der Waals surface area (Å²) in [7, 11) is 0. The molecule has 0 spiro atoms. The van der Waals surface area contributed by atoms with E-state index in [1.807, 2.05) is 29.5 Å². The molecule has 0 bridgehead atoms. The van der Waals surface area contributed by atoms with E-state index in [9.17, 15) is 0 Å². The lowest BCUT2D eigenvalue weighted by atomic mass is 9.96. The summed E-state index contributed by atoms with van der Waals surface area (Å²) in [6, 6.07) is 70.4. The Morgan fingerprint density at radius 1 is 0.273 bits per heavy atom. The first-order chi connectivity index (χ1) is 27.2. The number of fused-ring (bicyclic) bond motifs is 3. The van der Waals surface area contributed by atoms with Crippen molar-refractivity contribution in [2.45, 2.75) is 0 Å². The van der Waals surface area contributed by atoms with Gasteiger partial charge < -0.3 is 0 Å². The number of thiophene rings is 1. The highest BCUT2D eigenvalue weighted by Gasteiger charge is 2.17. The molecule has 0 aliphatic heterocycles. The molecular weight excluding hydrogens is 687 g/mol. The highest BCUT2D eigenvalue weighted by atomic mass is 32.1. The minimum atomic E-state index is 0.627. The predicted octanol–water partition coefficient (Wildman–Crippen LogP) is 13.9. The molecule has 8 aromatic carbocycles. The van der Waals surface area contributed by atoms with Gasteiger partial charge in [-0.3, -0.25) is 0 Å². The standard InChI is InChI=1S/C51H33N3S/c1-3-14-34(15-4-1)38-18-11-20-40(32-38)49-52-50(54-51(53-49)44-23-8-7-22-42(44)36-16-5-2-6-17-36)41-21-12-19-39(33-41)35-28-30-37(31-29-35)43-25-13-27-47-48(43)45-24-9-10-26-46(45)55-47/h1-33H. The van der Waals surface area contributed by atoms with E-state index in [1.165, 1.54) is 31.3 Å². The zero-order valence-corrected chi connectivity index (χ0v) is 30.6. The zero-order valence-electron chi connectivity index (χ0n) is 29.8. The monoisotopic (exact) mass is 719 g/mol. The molecule has 55 heavy (non-hydrogen) atoms. The van der Waals surface area contributed by atoms with Crippen LogP contribution in [0.1, 0.15) is 0 Å². The van der Waals surface area contributed by atoms with Crippen molar-refractivity contribution < 1.29 is 0 Å². The lowest BCUT2D eigenvalue weighted by Gasteiger charge is -2.13. The average molecular weight is 720 g/mol. The quantitative estimate of drug-likeness (QED) is 0.165. The molecule has 2 heterocycles. The third-order valence-corrected chi connectivity index (χ3v) is 11.3. The van der Waals surface area contributed by atoms with Gasteiger partial charge in [-0.2, -0.15) is 0 Å². The molecule has 258 valence electrons. The van der Waals surface area contributed by atoms with E-state index < -0.39 is 0 Å². The van der Waals surface area contributed by atoms with Crippen molar-refractivity contribution in [3.63, 3.8) is 0 Å². The average Bonchev–Trinajstić information content (AvgIpc) is 3.66. The maximum Gasteiger partial charge on any atom is 0.164 e. The van der Waals surface area contributed by atoms with E-state index in [0.717, 1.165) is 50.1 Å². The molecule has 10 aromatic rings. The molecule has 0 aliphatic carbocycles. The molecular formula is C51H33N3S. The topological polar surface area (TPSA) is 38.7 Å². The summed E-state index contributed by atoms with van der Waals surface area (Å²) in [4.78, 5) is 15.5. The van der Waals surface area contributed by atoms with Crippen molar-refractivity contribution in [2.75, 3.05) is 0 Å². The fourth-order valence-corrected chi connectivity index (χ4v) is 8.60. The van der Waals surface area contributed by atoms with Crippen molar-refractivity contribution in [2.24, 2.45) is 0 Å². The first-order valence-corrected chi connectivity index (χ1v) is 19.3. The Morgan fingerprint density at radius 3 is 1.40 bits per heavy atom. The Balaban J connectivity index is 1.07. The molecule has 4 heteroatoms. The summed E-state index contributed by atoms with van der Waals surface area (Å²) in [5.74, 6) is 1.89. The van der Waals surface area contributed by atoms with Crippen molar-refractivity contribution >= 4 is 31.5 Å². The normalized spacial score (nSPS) is 11.3. The first-order valence-electron chi connectivity index (χ1n) is 18.4. The Kier molecular flexibility index (Phi) is 8.36. The van der Waals surface area contributed by atoms with Crippen LogP contribution in [0.15, 0.2) is 200 Å². The second-order valence-corrected chi connectivity index (χ2v) is 14.7. The van der Waals surface area contributed by atoms with Gasteiger partial charge in [-0.15, -0.1) is 11.3 Å². The summed E-state index contributed by atoms with van der Waals surface area (Å²) in [6.45, 7) is 0. The van der Waals surface area contributed by atoms with E-state index in [1.54, 1.807) is 0 Å². The lowest BCUT2D eigenvalue weighted by Crippen LogP contribution is -2.01. The minimum Gasteiger partial charge on any atom is -0.208 e. The van der Waals surface area contributed by atoms with E-state index in [0.29, 0.717) is 17.5 Å². The van der Waals surface area contributed by atoms with Crippen LogP contribution in [0.3, 0.4) is 0 Å². The third-order valence-electron chi connectivity index (χ3n) is 10.2. The second kappa shape index (κ2) is 14.1. The van der Waals surface area contributed by atoms with Gasteiger partial charge in [-0.05, 0) is 68.8 Å². The van der Waals surface area contributed by atoms with Crippen LogP contribution in [0.5, 0.6) is 0 Å². The number of hydrogen-bond donors (Lipinski definition) is 0. The summed E-state index contributed by atoms with van der Waals surface area (Å²) in [5, 5.41) is 2.63. The van der Waals surface area contributed by atoms with Gasteiger partial charge in [0.15, 0.2) is 17.5 Å². The van der Waals surface area contributed by atoms with Crippen LogP contribution in [0.4, 0.5) is 0 Å². The fraction of sp³-hybridized carbons (Fsp3) is 0. The van der Waals surface area contributed by atoms with Gasteiger partial charge in [-0.25, -0.2) is 15.0 Å². The summed E-state index contributed by atoms with van der Waals surface area (Å²) < 4.78 is 2.63. The van der Waals surface area contributed by atoms with Crippen molar-refractivity contribution in [1.29, 1.82) is 0 Å². The summed E-state index contributed by atoms with van der Waals surface area (Å²) in [5.41, 5.74) is 12.0. The molecule has 0 fully saturated rings.